The summed E-state index contributed by atoms with van der Waals surface area (Å²) in [5.41, 5.74) is 2.11. The summed E-state index contributed by atoms with van der Waals surface area (Å²) in [5, 5.41) is 15.2. The molecule has 16 heteroatoms. The number of hydrogen-bond donors (Lipinski definition) is 5. The van der Waals surface area contributed by atoms with Crippen molar-refractivity contribution in [2.75, 3.05) is 40.5 Å². The Hall–Kier alpha value is -4.99. The molecule has 304 valence electrons. The predicted molar refractivity (Wildman–Crippen MR) is 215 cm³/mol. The summed E-state index contributed by atoms with van der Waals surface area (Å²) in [7, 11) is 0. The number of nitrogens with one attached hydrogen (secondary N) is 5. The number of rotatable bonds is 15. The monoisotopic (exact) mass is 806 g/mol. The van der Waals surface area contributed by atoms with Crippen LogP contribution < -0.4 is 36.4 Å². The lowest BCUT2D eigenvalue weighted by molar-refractivity contribution is -0.137. The van der Waals surface area contributed by atoms with Gasteiger partial charge >= 0.3 is 18.2 Å². The fraction of sp³-hybridized carbons (Fsp3) is 0.488. The van der Waals surface area contributed by atoms with E-state index in [0.717, 1.165) is 80.6 Å². The molecule has 2 unspecified atom stereocenters. The summed E-state index contributed by atoms with van der Waals surface area (Å²) in [6, 6.07) is 15.6. The molecule has 4 atom stereocenters. The Kier molecular flexibility index (Phi) is 12.8. The maximum absolute atomic E-state index is 13.8. The van der Waals surface area contributed by atoms with E-state index in [4.69, 9.17) is 4.98 Å². The minimum absolute atomic E-state index is 0.0477. The molecule has 2 bridgehead atoms. The van der Waals surface area contributed by atoms with Gasteiger partial charge in [0.2, 0.25) is 11.8 Å². The van der Waals surface area contributed by atoms with Gasteiger partial charge in [-0.05, 0) is 80.5 Å². The number of halogens is 3. The SMILES string of the molecule is O=C(CCCC[C@@H]1SCC2NC(=O)NC21)NCCCCCC(=O)NCc1ccc(NC(=O)N2c3nc(-c4cccc(C(F)(F)F)c4)ccc3N3CCC[C@H]2C3)cc1. The van der Waals surface area contributed by atoms with Crippen molar-refractivity contribution in [3.8, 4) is 11.3 Å². The smallest absolute Gasteiger partial charge is 0.366 e. The van der Waals surface area contributed by atoms with Crippen molar-refractivity contribution in [3.63, 3.8) is 0 Å². The van der Waals surface area contributed by atoms with Gasteiger partial charge in [0.1, 0.15) is 0 Å². The van der Waals surface area contributed by atoms with Gasteiger partial charge in [-0.2, -0.15) is 24.9 Å². The molecule has 5 heterocycles. The van der Waals surface area contributed by atoms with Crippen LogP contribution in [0.1, 0.15) is 75.3 Å². The van der Waals surface area contributed by atoms with Crippen molar-refractivity contribution >= 4 is 52.8 Å². The summed E-state index contributed by atoms with van der Waals surface area (Å²) in [6.45, 7) is 2.38. The molecule has 3 aromatic rings. The number of thioether (sulfide) groups is 1. The number of aromatic nitrogens is 1. The molecule has 3 fully saturated rings. The molecule has 7 rings (SSSR count). The predicted octanol–water partition coefficient (Wildman–Crippen LogP) is 6.81. The van der Waals surface area contributed by atoms with Gasteiger partial charge in [0, 0.05) is 61.3 Å². The van der Waals surface area contributed by atoms with Gasteiger partial charge in [0.15, 0.2) is 5.82 Å². The van der Waals surface area contributed by atoms with Crippen LogP contribution in [0, 0.1) is 0 Å². The molecule has 0 spiro atoms. The van der Waals surface area contributed by atoms with Gasteiger partial charge in [0.25, 0.3) is 0 Å². The number of alkyl halides is 3. The van der Waals surface area contributed by atoms with E-state index in [1.165, 1.54) is 6.07 Å². The molecule has 6 amide bonds. The van der Waals surface area contributed by atoms with E-state index < -0.39 is 11.7 Å². The van der Waals surface area contributed by atoms with Crippen LogP contribution in [0.25, 0.3) is 11.3 Å². The first-order valence-corrected chi connectivity index (χ1v) is 20.9. The van der Waals surface area contributed by atoms with Gasteiger partial charge in [-0.3, -0.25) is 14.5 Å². The number of urea groups is 2. The molecule has 4 aliphatic rings. The second-order valence-electron chi connectivity index (χ2n) is 15.2. The lowest BCUT2D eigenvalue weighted by atomic mass is 9.99. The highest BCUT2D eigenvalue weighted by molar-refractivity contribution is 8.00. The lowest BCUT2D eigenvalue weighted by Gasteiger charge is -2.45. The van der Waals surface area contributed by atoms with E-state index in [1.54, 1.807) is 29.2 Å². The summed E-state index contributed by atoms with van der Waals surface area (Å²) >= 11 is 1.89. The number of amides is 6. The third-order valence-corrected chi connectivity index (χ3v) is 12.6. The van der Waals surface area contributed by atoms with Crippen molar-refractivity contribution in [2.45, 2.75) is 100 Å². The standard InChI is InChI=1S/C41H49F3N8O4S/c42-41(43,44)28-9-6-8-27(22-28)31-18-19-33-38(48-31)52(30-10-7-21-51(33)24-30)40(56)47-29-16-14-26(15-17-29)23-46-36(54)12-2-1-5-20-45-35(53)13-4-3-11-34-37-32(25-57-34)49-39(55)50-37/h6,8-9,14-19,22,30,32,34,37H,1-5,7,10-13,20-21,23-25H2,(H,45,53)(H,46,54)(H,47,56)(H2,49,50,55)/t30-,32?,34-,37?/m0/s1. The number of carbonyl (C=O) groups is 4. The quantitative estimate of drug-likeness (QED) is 0.0838. The number of fused-ring (bicyclic) bond motifs is 5. The van der Waals surface area contributed by atoms with Crippen LogP contribution >= 0.6 is 11.8 Å². The summed E-state index contributed by atoms with van der Waals surface area (Å²) in [5.74, 6) is 1.35. The van der Waals surface area contributed by atoms with E-state index in [-0.39, 0.29) is 42.0 Å². The molecule has 12 nitrogen and oxygen atoms in total. The summed E-state index contributed by atoms with van der Waals surface area (Å²) < 4.78 is 40.3. The Morgan fingerprint density at radius 2 is 1.70 bits per heavy atom. The van der Waals surface area contributed by atoms with Crippen LogP contribution in [0.2, 0.25) is 0 Å². The zero-order valence-corrected chi connectivity index (χ0v) is 32.5. The third kappa shape index (κ3) is 10.1. The first kappa shape index (κ1) is 40.2. The fourth-order valence-corrected chi connectivity index (χ4v) is 9.60. The Morgan fingerprint density at radius 1 is 0.912 bits per heavy atom. The van der Waals surface area contributed by atoms with Crippen molar-refractivity contribution in [3.05, 3.63) is 71.8 Å². The maximum atomic E-state index is 13.8. The van der Waals surface area contributed by atoms with Crippen molar-refractivity contribution < 1.29 is 32.3 Å². The van der Waals surface area contributed by atoms with Gasteiger partial charge in [-0.25, -0.2) is 14.6 Å². The highest BCUT2D eigenvalue weighted by Gasteiger charge is 2.43. The number of unbranched alkanes of at least 4 members (excludes halogenated alkanes) is 3. The van der Waals surface area contributed by atoms with Crippen molar-refractivity contribution in [2.24, 2.45) is 0 Å². The molecule has 3 saturated heterocycles. The second kappa shape index (κ2) is 18.1. The molecule has 5 N–H and O–H groups in total. The van der Waals surface area contributed by atoms with Gasteiger partial charge < -0.3 is 31.5 Å². The number of nitrogens with zero attached hydrogens (tertiary/aromatic N) is 3. The fourth-order valence-electron chi connectivity index (χ4n) is 8.06. The van der Waals surface area contributed by atoms with Crippen LogP contribution in [0.4, 0.5) is 40.0 Å². The van der Waals surface area contributed by atoms with Crippen LogP contribution in [-0.2, 0) is 22.3 Å². The maximum Gasteiger partial charge on any atom is 0.416 e. The van der Waals surface area contributed by atoms with Crippen molar-refractivity contribution in [1.82, 2.24) is 26.3 Å². The Balaban J connectivity index is 0.810. The van der Waals surface area contributed by atoms with E-state index in [0.29, 0.717) is 66.9 Å². The Morgan fingerprint density at radius 3 is 2.51 bits per heavy atom. The second-order valence-corrected chi connectivity index (χ2v) is 16.4. The van der Waals surface area contributed by atoms with E-state index in [1.807, 2.05) is 30.0 Å². The molecule has 0 radical (unpaired) electrons. The lowest BCUT2D eigenvalue weighted by Crippen LogP contribution is -2.56. The van der Waals surface area contributed by atoms with E-state index in [2.05, 4.69) is 31.5 Å². The number of benzene rings is 2. The average molecular weight is 807 g/mol. The molecule has 4 aliphatic heterocycles. The largest absolute Gasteiger partial charge is 0.416 e. The van der Waals surface area contributed by atoms with Gasteiger partial charge in [-0.15, -0.1) is 0 Å². The molecule has 0 aliphatic carbocycles. The number of piperidine rings is 1. The Labute approximate surface area is 334 Å². The first-order chi connectivity index (χ1) is 27.5. The van der Waals surface area contributed by atoms with Crippen LogP contribution in [0.15, 0.2) is 60.7 Å². The van der Waals surface area contributed by atoms with Crippen LogP contribution in [-0.4, -0.2) is 77.6 Å². The summed E-state index contributed by atoms with van der Waals surface area (Å²) in [6.07, 6.45) is 3.17. The molecule has 2 aromatic carbocycles. The van der Waals surface area contributed by atoms with Crippen LogP contribution in [0.5, 0.6) is 0 Å². The highest BCUT2D eigenvalue weighted by Crippen LogP contribution is 2.40. The molecule has 57 heavy (non-hydrogen) atoms. The molecule has 1 aromatic heterocycles. The molecular weight excluding hydrogens is 758 g/mol. The van der Waals surface area contributed by atoms with Gasteiger partial charge in [-0.1, -0.05) is 37.1 Å². The zero-order chi connectivity index (χ0) is 39.9. The van der Waals surface area contributed by atoms with Crippen LogP contribution in [0.3, 0.4) is 0 Å². The molecular formula is C41H49F3N8O4S. The highest BCUT2D eigenvalue weighted by atomic mass is 32.2. The minimum atomic E-state index is -4.49. The summed E-state index contributed by atoms with van der Waals surface area (Å²) in [4.78, 5) is 58.6. The van der Waals surface area contributed by atoms with Crippen molar-refractivity contribution in [1.29, 1.82) is 0 Å². The first-order valence-electron chi connectivity index (χ1n) is 19.9. The minimum Gasteiger partial charge on any atom is -0.366 e. The Bertz CT molecular complexity index is 1930. The van der Waals surface area contributed by atoms with E-state index >= 15 is 0 Å². The van der Waals surface area contributed by atoms with E-state index in [9.17, 15) is 32.3 Å². The van der Waals surface area contributed by atoms with Gasteiger partial charge in [0.05, 0.1) is 35.1 Å². The molecule has 0 saturated carbocycles. The topological polar surface area (TPSA) is 148 Å². The zero-order valence-electron chi connectivity index (χ0n) is 31.7. The number of hydrogen-bond acceptors (Lipinski definition) is 7. The average Bonchev–Trinajstić information content (AvgIpc) is 3.76. The number of anilines is 3. The number of carbonyl (C=O) groups excluding carboxylic acids is 4. The number of pyridine rings is 1. The normalized spacial score (nSPS) is 20.9. The third-order valence-electron chi connectivity index (χ3n) is 11.1.